The van der Waals surface area contributed by atoms with E-state index in [1.165, 1.54) is 31.4 Å². The van der Waals surface area contributed by atoms with Gasteiger partial charge in [0.2, 0.25) is 0 Å². The second-order valence-corrected chi connectivity index (χ2v) is 6.95. The topological polar surface area (TPSA) is 89.3 Å². The van der Waals surface area contributed by atoms with E-state index in [4.69, 9.17) is 14.7 Å². The van der Waals surface area contributed by atoms with Gasteiger partial charge in [-0.3, -0.25) is 0 Å². The number of esters is 2. The van der Waals surface area contributed by atoms with Gasteiger partial charge in [-0.25, -0.2) is 14.6 Å². The minimum Gasteiger partial charge on any atom is -0.465 e. The van der Waals surface area contributed by atoms with Crippen LogP contribution in [0, 0.1) is 11.3 Å². The van der Waals surface area contributed by atoms with Gasteiger partial charge in [0.15, 0.2) is 0 Å². The summed E-state index contributed by atoms with van der Waals surface area (Å²) in [5, 5.41) is 9.71. The van der Waals surface area contributed by atoms with E-state index in [-0.39, 0.29) is 12.2 Å². The molecule has 0 aliphatic heterocycles. The summed E-state index contributed by atoms with van der Waals surface area (Å²) in [5.74, 6) is -1.15. The lowest BCUT2D eigenvalue weighted by atomic mass is 9.94. The molecule has 0 saturated carbocycles. The fourth-order valence-electron chi connectivity index (χ4n) is 3.49. The molecule has 0 N–H and O–H groups in total. The molecule has 6 heteroatoms. The number of carbonyl (C=O) groups excluding carboxylic acids is 2. The van der Waals surface area contributed by atoms with E-state index in [1.54, 1.807) is 0 Å². The summed E-state index contributed by atoms with van der Waals surface area (Å²) >= 11 is 0. The first-order valence-electron chi connectivity index (χ1n) is 9.85. The summed E-state index contributed by atoms with van der Waals surface area (Å²) in [4.78, 5) is 30.0. The molecular formula is C26H18N2O4. The number of methoxy groups -OCH3 is 1. The molecule has 0 radical (unpaired) electrons. The Morgan fingerprint density at radius 3 is 2.28 bits per heavy atom. The maximum Gasteiger partial charge on any atom is 0.340 e. The number of hydrogen-bond donors (Lipinski definition) is 0. The fraction of sp³-hybridized carbons (Fsp3) is 0.0769. The summed E-state index contributed by atoms with van der Waals surface area (Å²) in [7, 11) is 1.30. The number of benzene rings is 3. The van der Waals surface area contributed by atoms with Crippen LogP contribution in [0.2, 0.25) is 0 Å². The molecule has 3 aromatic carbocycles. The van der Waals surface area contributed by atoms with Crippen LogP contribution < -0.4 is 0 Å². The number of para-hydroxylation sites is 1. The highest BCUT2D eigenvalue weighted by atomic mass is 16.5. The van der Waals surface area contributed by atoms with Crippen LogP contribution in [-0.4, -0.2) is 24.0 Å². The molecule has 4 rings (SSSR count). The third-order valence-corrected chi connectivity index (χ3v) is 5.01. The number of rotatable bonds is 5. The van der Waals surface area contributed by atoms with Gasteiger partial charge in [0.25, 0.3) is 0 Å². The van der Waals surface area contributed by atoms with E-state index in [1.807, 2.05) is 60.7 Å². The van der Waals surface area contributed by atoms with Crippen LogP contribution in [0.1, 0.15) is 32.0 Å². The Kier molecular flexibility index (Phi) is 5.91. The number of fused-ring (bicyclic) bond motifs is 1. The predicted molar refractivity (Wildman–Crippen MR) is 119 cm³/mol. The Balaban J connectivity index is 1.79. The van der Waals surface area contributed by atoms with Gasteiger partial charge in [0.1, 0.15) is 6.61 Å². The quantitative estimate of drug-likeness (QED) is 0.424. The zero-order valence-corrected chi connectivity index (χ0v) is 17.2. The van der Waals surface area contributed by atoms with E-state index in [9.17, 15) is 9.59 Å². The van der Waals surface area contributed by atoms with Gasteiger partial charge in [0, 0.05) is 10.9 Å². The second-order valence-electron chi connectivity index (χ2n) is 6.95. The number of ether oxygens (including phenoxy) is 2. The van der Waals surface area contributed by atoms with Crippen molar-refractivity contribution in [2.45, 2.75) is 6.61 Å². The molecule has 32 heavy (non-hydrogen) atoms. The van der Waals surface area contributed by atoms with Crippen molar-refractivity contribution in [2.75, 3.05) is 7.11 Å². The lowest BCUT2D eigenvalue weighted by Crippen LogP contribution is -2.14. The van der Waals surface area contributed by atoms with Crippen LogP contribution in [0.15, 0.2) is 78.9 Å². The lowest BCUT2D eigenvalue weighted by molar-refractivity contribution is 0.0456. The van der Waals surface area contributed by atoms with Crippen molar-refractivity contribution in [3.8, 4) is 17.2 Å². The summed E-state index contributed by atoms with van der Waals surface area (Å²) in [6, 6.07) is 25.1. The predicted octanol–water partition coefficient (Wildman–Crippen LogP) is 4.92. The van der Waals surface area contributed by atoms with E-state index < -0.39 is 11.9 Å². The molecule has 0 spiro atoms. The van der Waals surface area contributed by atoms with E-state index in [0.29, 0.717) is 27.9 Å². The fourth-order valence-corrected chi connectivity index (χ4v) is 3.49. The summed E-state index contributed by atoms with van der Waals surface area (Å²) < 4.78 is 10.5. The van der Waals surface area contributed by atoms with Gasteiger partial charge < -0.3 is 9.47 Å². The highest BCUT2D eigenvalue weighted by Crippen LogP contribution is 2.34. The zero-order valence-electron chi connectivity index (χ0n) is 17.2. The SMILES string of the molecule is COC(=O)c1c(COC(=O)c2ccc(C#N)cc2)nc2ccccc2c1-c1ccccc1. The Morgan fingerprint density at radius 1 is 0.906 bits per heavy atom. The number of nitriles is 1. The highest BCUT2D eigenvalue weighted by Gasteiger charge is 2.24. The average molecular weight is 422 g/mol. The number of pyridine rings is 1. The van der Waals surface area contributed by atoms with Crippen LogP contribution in [0.5, 0.6) is 0 Å². The molecule has 0 aliphatic carbocycles. The van der Waals surface area contributed by atoms with Crippen molar-refractivity contribution in [1.82, 2.24) is 4.98 Å². The van der Waals surface area contributed by atoms with Crippen molar-refractivity contribution in [2.24, 2.45) is 0 Å². The van der Waals surface area contributed by atoms with E-state index in [2.05, 4.69) is 4.98 Å². The van der Waals surface area contributed by atoms with Gasteiger partial charge in [-0.05, 0) is 35.9 Å². The molecule has 0 fully saturated rings. The maximum absolute atomic E-state index is 12.8. The Morgan fingerprint density at radius 2 is 1.59 bits per heavy atom. The van der Waals surface area contributed by atoms with Crippen molar-refractivity contribution >= 4 is 22.8 Å². The van der Waals surface area contributed by atoms with Crippen molar-refractivity contribution < 1.29 is 19.1 Å². The van der Waals surface area contributed by atoms with Gasteiger partial charge >= 0.3 is 11.9 Å². The monoisotopic (exact) mass is 422 g/mol. The van der Waals surface area contributed by atoms with Crippen LogP contribution >= 0.6 is 0 Å². The third-order valence-electron chi connectivity index (χ3n) is 5.01. The minimum absolute atomic E-state index is 0.214. The highest BCUT2D eigenvalue weighted by molar-refractivity contribution is 6.07. The molecule has 0 bridgehead atoms. The molecular weight excluding hydrogens is 404 g/mol. The van der Waals surface area contributed by atoms with Crippen molar-refractivity contribution in [3.05, 3.63) is 101 Å². The van der Waals surface area contributed by atoms with Crippen molar-refractivity contribution in [3.63, 3.8) is 0 Å². The summed E-state index contributed by atoms with van der Waals surface area (Å²) in [6.07, 6.45) is 0. The molecule has 0 atom stereocenters. The van der Waals surface area contributed by atoms with Crippen molar-refractivity contribution in [1.29, 1.82) is 5.26 Å². The Labute approximate surface area is 184 Å². The van der Waals surface area contributed by atoms with Gasteiger partial charge in [0.05, 0.1) is 41.1 Å². The van der Waals surface area contributed by atoms with Crippen LogP contribution in [0.25, 0.3) is 22.0 Å². The van der Waals surface area contributed by atoms with Crippen LogP contribution in [0.3, 0.4) is 0 Å². The first kappa shape index (κ1) is 20.8. The minimum atomic E-state index is -0.582. The summed E-state index contributed by atoms with van der Waals surface area (Å²) in [6.45, 7) is -0.214. The standard InChI is InChI=1S/C26H18N2O4/c1-31-26(30)24-22(16-32-25(29)19-13-11-17(15-27)12-14-19)28-21-10-6-5-9-20(21)23(24)18-7-3-2-4-8-18/h2-14H,16H2,1H3. The molecule has 0 amide bonds. The summed E-state index contributed by atoms with van der Waals surface area (Å²) in [5.41, 5.74) is 3.47. The third kappa shape index (κ3) is 4.05. The molecule has 4 aromatic rings. The number of hydrogen-bond acceptors (Lipinski definition) is 6. The average Bonchev–Trinajstić information content (AvgIpc) is 2.86. The number of carbonyl (C=O) groups is 2. The lowest BCUT2D eigenvalue weighted by Gasteiger charge is -2.16. The largest absolute Gasteiger partial charge is 0.465 e. The molecule has 6 nitrogen and oxygen atoms in total. The second kappa shape index (κ2) is 9.11. The molecule has 1 aromatic heterocycles. The van der Waals surface area contributed by atoms with Gasteiger partial charge in [-0.15, -0.1) is 0 Å². The number of aromatic nitrogens is 1. The van der Waals surface area contributed by atoms with Gasteiger partial charge in [-0.2, -0.15) is 5.26 Å². The van der Waals surface area contributed by atoms with E-state index in [0.717, 1.165) is 10.9 Å². The zero-order chi connectivity index (χ0) is 22.5. The molecule has 0 unspecified atom stereocenters. The first-order chi connectivity index (χ1) is 15.6. The van der Waals surface area contributed by atoms with Crippen LogP contribution in [-0.2, 0) is 16.1 Å². The molecule has 0 saturated heterocycles. The number of nitrogens with zero attached hydrogens (tertiary/aromatic N) is 2. The molecule has 0 aliphatic rings. The molecule has 156 valence electrons. The first-order valence-corrected chi connectivity index (χ1v) is 9.85. The maximum atomic E-state index is 12.8. The Hall–Kier alpha value is -4.50. The van der Waals surface area contributed by atoms with E-state index >= 15 is 0 Å². The normalized spacial score (nSPS) is 10.4. The Bertz CT molecular complexity index is 1340. The van der Waals surface area contributed by atoms with Gasteiger partial charge in [-0.1, -0.05) is 48.5 Å². The smallest absolute Gasteiger partial charge is 0.340 e. The molecule has 1 heterocycles. The van der Waals surface area contributed by atoms with Crippen LogP contribution in [0.4, 0.5) is 0 Å².